The van der Waals surface area contributed by atoms with E-state index in [-0.39, 0.29) is 17.2 Å². The van der Waals surface area contributed by atoms with Crippen molar-refractivity contribution in [3.63, 3.8) is 0 Å². The Labute approximate surface area is 205 Å². The van der Waals surface area contributed by atoms with E-state index >= 15 is 0 Å². The summed E-state index contributed by atoms with van der Waals surface area (Å²) in [5, 5.41) is 6.40. The lowest BCUT2D eigenvalue weighted by Gasteiger charge is -2.21. The van der Waals surface area contributed by atoms with Crippen LogP contribution in [-0.2, 0) is 11.3 Å². The Morgan fingerprint density at radius 1 is 1.06 bits per heavy atom. The summed E-state index contributed by atoms with van der Waals surface area (Å²) in [5.41, 5.74) is 0.0489. The molecule has 1 atom stereocenters. The number of carbonyl (C=O) groups is 2. The highest BCUT2D eigenvalue weighted by molar-refractivity contribution is 6.31. The maximum absolute atomic E-state index is 13.2. The Balaban J connectivity index is 1.85. The zero-order valence-electron chi connectivity index (χ0n) is 19.9. The average molecular weight is 488 g/mol. The zero-order chi connectivity index (χ0) is 24.5. The van der Waals surface area contributed by atoms with Gasteiger partial charge in [-0.25, -0.2) is 0 Å². The summed E-state index contributed by atoms with van der Waals surface area (Å²) >= 11 is 6.26. The van der Waals surface area contributed by atoms with E-state index in [0.717, 1.165) is 44.1 Å². The number of carbonyl (C=O) groups excluding carboxylic acids is 2. The van der Waals surface area contributed by atoms with Gasteiger partial charge in [-0.05, 0) is 31.4 Å². The van der Waals surface area contributed by atoms with Gasteiger partial charge < -0.3 is 19.9 Å². The lowest BCUT2D eigenvalue weighted by atomic mass is 9.96. The summed E-state index contributed by atoms with van der Waals surface area (Å²) in [6, 6.07) is 6.84. The second-order valence-corrected chi connectivity index (χ2v) is 9.28. The SMILES string of the molecule is COCCn1cc(C(=O)NC2CCCCCCC2)c(=O)c(C(=O)NC(C)c2ccccc2Cl)c1. The number of hydrogen-bond donors (Lipinski definition) is 2. The van der Waals surface area contributed by atoms with Crippen molar-refractivity contribution >= 4 is 23.4 Å². The third kappa shape index (κ3) is 6.93. The first-order valence-corrected chi connectivity index (χ1v) is 12.4. The normalized spacial score (nSPS) is 15.7. The van der Waals surface area contributed by atoms with Gasteiger partial charge in [0.05, 0.1) is 12.6 Å². The van der Waals surface area contributed by atoms with Crippen molar-refractivity contribution in [2.45, 2.75) is 70.5 Å². The van der Waals surface area contributed by atoms with E-state index in [9.17, 15) is 14.4 Å². The standard InChI is InChI=1S/C26H34ClN3O4/c1-18(20-12-8-9-13-23(20)27)28-25(32)21-16-30(14-15-34-2)17-22(24(21)31)26(33)29-19-10-6-4-3-5-7-11-19/h8-9,12-13,16-19H,3-7,10-11,14-15H2,1-2H3,(H,28,32)(H,29,33). The molecule has 0 aliphatic heterocycles. The largest absolute Gasteiger partial charge is 0.383 e. The van der Waals surface area contributed by atoms with Crippen molar-refractivity contribution in [3.05, 3.63) is 68.6 Å². The Morgan fingerprint density at radius 2 is 1.68 bits per heavy atom. The molecular weight excluding hydrogens is 454 g/mol. The number of aromatic nitrogens is 1. The fourth-order valence-corrected chi connectivity index (χ4v) is 4.62. The zero-order valence-corrected chi connectivity index (χ0v) is 20.7. The molecule has 2 N–H and O–H groups in total. The number of rotatable bonds is 8. The number of halogens is 1. The molecule has 1 fully saturated rings. The van der Waals surface area contributed by atoms with Crippen LogP contribution in [0, 0.1) is 0 Å². The number of ether oxygens (including phenoxy) is 1. The van der Waals surface area contributed by atoms with Crippen LogP contribution in [0.2, 0.25) is 5.02 Å². The molecule has 1 aromatic carbocycles. The molecule has 2 aromatic rings. The van der Waals surface area contributed by atoms with Crippen molar-refractivity contribution in [1.82, 2.24) is 15.2 Å². The van der Waals surface area contributed by atoms with Crippen LogP contribution in [0.25, 0.3) is 0 Å². The minimum Gasteiger partial charge on any atom is -0.383 e. The number of amides is 2. The fourth-order valence-electron chi connectivity index (χ4n) is 4.32. The Bertz CT molecular complexity index is 1040. The van der Waals surface area contributed by atoms with E-state index < -0.39 is 23.3 Å². The van der Waals surface area contributed by atoms with Gasteiger partial charge in [-0.1, -0.05) is 61.9 Å². The summed E-state index contributed by atoms with van der Waals surface area (Å²) in [5.74, 6) is -0.986. The summed E-state index contributed by atoms with van der Waals surface area (Å²) < 4.78 is 6.80. The molecule has 7 nitrogen and oxygen atoms in total. The molecule has 0 radical (unpaired) electrons. The Kier molecular flexibility index (Phi) is 9.72. The van der Waals surface area contributed by atoms with Crippen molar-refractivity contribution in [3.8, 4) is 0 Å². The van der Waals surface area contributed by atoms with Crippen LogP contribution >= 0.6 is 11.6 Å². The molecule has 1 saturated carbocycles. The highest BCUT2D eigenvalue weighted by Crippen LogP contribution is 2.22. The quantitative estimate of drug-likeness (QED) is 0.574. The van der Waals surface area contributed by atoms with Crippen LogP contribution in [0.5, 0.6) is 0 Å². The summed E-state index contributed by atoms with van der Waals surface area (Å²) in [4.78, 5) is 39.5. The summed E-state index contributed by atoms with van der Waals surface area (Å²) in [7, 11) is 1.57. The predicted molar refractivity (Wildman–Crippen MR) is 133 cm³/mol. The van der Waals surface area contributed by atoms with Crippen LogP contribution in [0.1, 0.15) is 84.2 Å². The lowest BCUT2D eigenvalue weighted by Crippen LogP contribution is -2.40. The topological polar surface area (TPSA) is 89.4 Å². The number of benzene rings is 1. The average Bonchev–Trinajstić information content (AvgIpc) is 2.80. The molecule has 8 heteroatoms. The molecule has 1 unspecified atom stereocenters. The van der Waals surface area contributed by atoms with Crippen molar-refractivity contribution in [2.75, 3.05) is 13.7 Å². The van der Waals surface area contributed by atoms with Crippen molar-refractivity contribution in [2.24, 2.45) is 0 Å². The number of hydrogen-bond acceptors (Lipinski definition) is 4. The molecule has 1 aliphatic rings. The van der Waals surface area contributed by atoms with Gasteiger partial charge in [0.2, 0.25) is 5.43 Å². The minimum absolute atomic E-state index is 0.0313. The van der Waals surface area contributed by atoms with Gasteiger partial charge in [-0.15, -0.1) is 0 Å². The molecule has 0 saturated heterocycles. The molecule has 1 aromatic heterocycles. The third-order valence-corrected chi connectivity index (χ3v) is 6.63. The first-order chi connectivity index (χ1) is 16.4. The van der Waals surface area contributed by atoms with Gasteiger partial charge in [0.15, 0.2) is 0 Å². The summed E-state index contributed by atoms with van der Waals surface area (Å²) in [6.07, 6.45) is 10.5. The smallest absolute Gasteiger partial charge is 0.257 e. The molecular formula is C26H34ClN3O4. The third-order valence-electron chi connectivity index (χ3n) is 6.28. The maximum Gasteiger partial charge on any atom is 0.257 e. The molecule has 0 bridgehead atoms. The van der Waals surface area contributed by atoms with Crippen LogP contribution in [-0.4, -0.2) is 36.1 Å². The molecule has 1 heterocycles. The molecule has 1 aliphatic carbocycles. The second-order valence-electron chi connectivity index (χ2n) is 8.88. The maximum atomic E-state index is 13.2. The van der Waals surface area contributed by atoms with Crippen LogP contribution in [0.15, 0.2) is 41.5 Å². The number of methoxy groups -OCH3 is 1. The number of nitrogens with one attached hydrogen (secondary N) is 2. The van der Waals surface area contributed by atoms with Gasteiger partial charge in [-0.3, -0.25) is 14.4 Å². The van der Waals surface area contributed by atoms with E-state index in [1.165, 1.54) is 18.8 Å². The lowest BCUT2D eigenvalue weighted by molar-refractivity contribution is 0.0928. The van der Waals surface area contributed by atoms with Crippen LogP contribution in [0.4, 0.5) is 0 Å². The van der Waals surface area contributed by atoms with Crippen LogP contribution in [0.3, 0.4) is 0 Å². The van der Waals surface area contributed by atoms with Gasteiger partial charge in [-0.2, -0.15) is 0 Å². The molecule has 0 spiro atoms. The highest BCUT2D eigenvalue weighted by atomic mass is 35.5. The minimum atomic E-state index is -0.583. The number of nitrogens with zero attached hydrogens (tertiary/aromatic N) is 1. The van der Waals surface area contributed by atoms with E-state index in [4.69, 9.17) is 16.3 Å². The van der Waals surface area contributed by atoms with Gasteiger partial charge >= 0.3 is 0 Å². The van der Waals surface area contributed by atoms with Gasteiger partial charge in [0.1, 0.15) is 11.1 Å². The molecule has 2 amide bonds. The van der Waals surface area contributed by atoms with Crippen LogP contribution < -0.4 is 16.1 Å². The van der Waals surface area contributed by atoms with E-state index in [1.54, 1.807) is 24.7 Å². The van der Waals surface area contributed by atoms with E-state index in [2.05, 4.69) is 10.6 Å². The fraction of sp³-hybridized carbons (Fsp3) is 0.500. The first kappa shape index (κ1) is 26.0. The van der Waals surface area contributed by atoms with Gasteiger partial charge in [0, 0.05) is 37.1 Å². The summed E-state index contributed by atoms with van der Waals surface area (Å²) in [6.45, 7) is 2.58. The van der Waals surface area contributed by atoms with Crippen molar-refractivity contribution in [1.29, 1.82) is 0 Å². The highest BCUT2D eigenvalue weighted by Gasteiger charge is 2.23. The molecule has 3 rings (SSSR count). The Morgan fingerprint density at radius 3 is 2.32 bits per heavy atom. The van der Waals surface area contributed by atoms with Crippen molar-refractivity contribution < 1.29 is 14.3 Å². The van der Waals surface area contributed by atoms with E-state index in [0.29, 0.717) is 18.2 Å². The predicted octanol–water partition coefficient (Wildman–Crippen LogP) is 4.48. The Hall–Kier alpha value is -2.64. The molecule has 34 heavy (non-hydrogen) atoms. The second kappa shape index (κ2) is 12.7. The molecule has 184 valence electrons. The number of pyridine rings is 1. The first-order valence-electron chi connectivity index (χ1n) is 12.0. The monoisotopic (exact) mass is 487 g/mol. The van der Waals surface area contributed by atoms with Gasteiger partial charge in [0.25, 0.3) is 11.8 Å². The van der Waals surface area contributed by atoms with E-state index in [1.807, 2.05) is 18.2 Å².